The first kappa shape index (κ1) is 16.3. The predicted octanol–water partition coefficient (Wildman–Crippen LogP) is 4.50. The van der Waals surface area contributed by atoms with Gasteiger partial charge in [-0.05, 0) is 66.7 Å². The Morgan fingerprint density at radius 1 is 1.30 bits per heavy atom. The average molecular weight is 466 g/mol. The zero-order valence-electron chi connectivity index (χ0n) is 11.3. The minimum absolute atomic E-state index is 0.993. The Balaban J connectivity index is 1.96. The SMILES string of the molecule is CCCNCCCc1nnc(-c2cc(I)ccc2Br)s1. The van der Waals surface area contributed by atoms with Crippen molar-refractivity contribution in [2.75, 3.05) is 13.1 Å². The van der Waals surface area contributed by atoms with Gasteiger partial charge in [-0.15, -0.1) is 10.2 Å². The lowest BCUT2D eigenvalue weighted by molar-refractivity contribution is 0.637. The van der Waals surface area contributed by atoms with Crippen LogP contribution >= 0.6 is 49.9 Å². The molecule has 20 heavy (non-hydrogen) atoms. The molecule has 6 heteroatoms. The van der Waals surface area contributed by atoms with E-state index in [-0.39, 0.29) is 0 Å². The molecule has 0 fully saturated rings. The summed E-state index contributed by atoms with van der Waals surface area (Å²) in [4.78, 5) is 0. The molecule has 1 N–H and O–H groups in total. The molecule has 3 nitrogen and oxygen atoms in total. The number of nitrogens with zero attached hydrogens (tertiary/aromatic N) is 2. The normalized spacial score (nSPS) is 10.9. The van der Waals surface area contributed by atoms with Crippen LogP contribution < -0.4 is 5.32 Å². The largest absolute Gasteiger partial charge is 0.317 e. The summed E-state index contributed by atoms with van der Waals surface area (Å²) in [6.07, 6.45) is 3.29. The Hall–Kier alpha value is -0.0500. The van der Waals surface area contributed by atoms with Crippen LogP contribution in [0.4, 0.5) is 0 Å². The molecule has 1 aromatic carbocycles. The topological polar surface area (TPSA) is 37.8 Å². The fraction of sp³-hybridized carbons (Fsp3) is 0.429. The van der Waals surface area contributed by atoms with Crippen molar-refractivity contribution in [3.63, 3.8) is 0 Å². The van der Waals surface area contributed by atoms with Gasteiger partial charge in [-0.25, -0.2) is 0 Å². The maximum Gasteiger partial charge on any atom is 0.148 e. The summed E-state index contributed by atoms with van der Waals surface area (Å²) in [5, 5.41) is 14.1. The first-order valence-electron chi connectivity index (χ1n) is 6.69. The smallest absolute Gasteiger partial charge is 0.148 e. The second kappa shape index (κ2) is 8.41. The monoisotopic (exact) mass is 465 g/mol. The Morgan fingerprint density at radius 2 is 2.15 bits per heavy atom. The van der Waals surface area contributed by atoms with Gasteiger partial charge < -0.3 is 5.32 Å². The predicted molar refractivity (Wildman–Crippen MR) is 97.2 cm³/mol. The third kappa shape index (κ3) is 4.75. The fourth-order valence-electron chi connectivity index (χ4n) is 1.79. The van der Waals surface area contributed by atoms with Crippen LogP contribution in [0, 0.1) is 3.57 Å². The Morgan fingerprint density at radius 3 is 2.95 bits per heavy atom. The van der Waals surface area contributed by atoms with Gasteiger partial charge in [0.2, 0.25) is 0 Å². The third-order valence-electron chi connectivity index (χ3n) is 2.80. The lowest BCUT2D eigenvalue weighted by Crippen LogP contribution is -2.16. The van der Waals surface area contributed by atoms with E-state index >= 15 is 0 Å². The zero-order chi connectivity index (χ0) is 14.4. The summed E-state index contributed by atoms with van der Waals surface area (Å²) in [6, 6.07) is 6.28. The molecule has 0 bridgehead atoms. The first-order chi connectivity index (χ1) is 9.70. The molecule has 0 aliphatic heterocycles. The van der Waals surface area contributed by atoms with Gasteiger partial charge in [0.05, 0.1) is 0 Å². The lowest BCUT2D eigenvalue weighted by Gasteiger charge is -2.01. The minimum atomic E-state index is 0.993. The van der Waals surface area contributed by atoms with Gasteiger partial charge in [-0.3, -0.25) is 0 Å². The van der Waals surface area contributed by atoms with Gasteiger partial charge in [-0.1, -0.05) is 34.2 Å². The molecule has 0 saturated heterocycles. The Kier molecular flexibility index (Phi) is 6.86. The minimum Gasteiger partial charge on any atom is -0.317 e. The van der Waals surface area contributed by atoms with Crippen LogP contribution in [-0.2, 0) is 6.42 Å². The number of halogens is 2. The molecule has 0 amide bonds. The van der Waals surface area contributed by atoms with Crippen LogP contribution in [0.5, 0.6) is 0 Å². The second-order valence-corrected chi connectivity index (χ2v) is 7.64. The third-order valence-corrected chi connectivity index (χ3v) is 5.18. The van der Waals surface area contributed by atoms with Crippen LogP contribution in [0.15, 0.2) is 22.7 Å². The first-order valence-corrected chi connectivity index (χ1v) is 9.38. The van der Waals surface area contributed by atoms with Crippen molar-refractivity contribution in [3.8, 4) is 10.6 Å². The van der Waals surface area contributed by atoms with Gasteiger partial charge in [0.15, 0.2) is 0 Å². The van der Waals surface area contributed by atoms with Crippen molar-refractivity contribution in [2.45, 2.75) is 26.2 Å². The molecule has 0 aliphatic rings. The Labute approximate surface area is 145 Å². The summed E-state index contributed by atoms with van der Waals surface area (Å²) in [7, 11) is 0. The molecule has 108 valence electrons. The molecule has 0 unspecified atom stereocenters. The molecule has 0 atom stereocenters. The molecule has 2 rings (SSSR count). The van der Waals surface area contributed by atoms with E-state index in [1.165, 1.54) is 9.99 Å². The zero-order valence-corrected chi connectivity index (χ0v) is 15.9. The molecular weight excluding hydrogens is 449 g/mol. The van der Waals surface area contributed by atoms with E-state index in [2.05, 4.69) is 79.2 Å². The van der Waals surface area contributed by atoms with E-state index in [1.54, 1.807) is 11.3 Å². The molecule has 0 spiro atoms. The second-order valence-electron chi connectivity index (χ2n) is 4.48. The molecule has 0 aliphatic carbocycles. The van der Waals surface area contributed by atoms with Gasteiger partial charge in [-0.2, -0.15) is 0 Å². The van der Waals surface area contributed by atoms with Crippen molar-refractivity contribution in [2.24, 2.45) is 0 Å². The van der Waals surface area contributed by atoms with E-state index in [1.807, 2.05) is 0 Å². The number of hydrogen-bond donors (Lipinski definition) is 1. The van der Waals surface area contributed by atoms with Gasteiger partial charge in [0.1, 0.15) is 10.0 Å². The van der Waals surface area contributed by atoms with Crippen molar-refractivity contribution < 1.29 is 0 Å². The van der Waals surface area contributed by atoms with Crippen molar-refractivity contribution in [3.05, 3.63) is 31.2 Å². The van der Waals surface area contributed by atoms with E-state index in [9.17, 15) is 0 Å². The molecule has 0 radical (unpaired) electrons. The van der Waals surface area contributed by atoms with E-state index in [4.69, 9.17) is 0 Å². The number of benzene rings is 1. The van der Waals surface area contributed by atoms with E-state index in [0.717, 1.165) is 46.0 Å². The summed E-state index contributed by atoms with van der Waals surface area (Å²) < 4.78 is 2.28. The Bertz CT molecular complexity index is 559. The van der Waals surface area contributed by atoms with Crippen molar-refractivity contribution >= 4 is 49.9 Å². The average Bonchev–Trinajstić information content (AvgIpc) is 2.90. The van der Waals surface area contributed by atoms with Crippen LogP contribution in [-0.4, -0.2) is 23.3 Å². The quantitative estimate of drug-likeness (QED) is 0.483. The summed E-state index contributed by atoms with van der Waals surface area (Å²) in [5.41, 5.74) is 1.13. The number of nitrogens with one attached hydrogen (secondary N) is 1. The standard InChI is InChI=1S/C14H17BrIN3S/c1-2-7-17-8-3-4-13-18-19-14(20-13)11-9-10(16)5-6-12(11)15/h5-6,9,17H,2-4,7-8H2,1H3. The van der Waals surface area contributed by atoms with Gasteiger partial charge in [0, 0.05) is 20.0 Å². The van der Waals surface area contributed by atoms with Gasteiger partial charge in [0.25, 0.3) is 0 Å². The summed E-state index contributed by atoms with van der Waals surface area (Å²) in [6.45, 7) is 4.33. The number of aryl methyl sites for hydroxylation is 1. The molecule has 2 aromatic rings. The van der Waals surface area contributed by atoms with Crippen molar-refractivity contribution in [1.29, 1.82) is 0 Å². The highest BCUT2D eigenvalue weighted by Crippen LogP contribution is 2.32. The number of rotatable bonds is 7. The lowest BCUT2D eigenvalue weighted by atomic mass is 10.2. The number of aromatic nitrogens is 2. The highest BCUT2D eigenvalue weighted by Gasteiger charge is 2.10. The van der Waals surface area contributed by atoms with Crippen LogP contribution in [0.25, 0.3) is 10.6 Å². The van der Waals surface area contributed by atoms with Crippen LogP contribution in [0.2, 0.25) is 0 Å². The molecule has 0 saturated carbocycles. The number of hydrogen-bond acceptors (Lipinski definition) is 4. The van der Waals surface area contributed by atoms with Crippen LogP contribution in [0.3, 0.4) is 0 Å². The summed E-state index contributed by atoms with van der Waals surface area (Å²) in [5.74, 6) is 0. The molecular formula is C14H17BrIN3S. The maximum atomic E-state index is 4.32. The van der Waals surface area contributed by atoms with Crippen molar-refractivity contribution in [1.82, 2.24) is 15.5 Å². The van der Waals surface area contributed by atoms with E-state index in [0.29, 0.717) is 0 Å². The summed E-state index contributed by atoms with van der Waals surface area (Å²) >= 11 is 7.59. The highest BCUT2D eigenvalue weighted by atomic mass is 127. The molecule has 1 aromatic heterocycles. The van der Waals surface area contributed by atoms with Crippen LogP contribution in [0.1, 0.15) is 24.8 Å². The fourth-order valence-corrected chi connectivity index (χ4v) is 3.76. The highest BCUT2D eigenvalue weighted by molar-refractivity contribution is 14.1. The maximum absolute atomic E-state index is 4.32. The molecule has 1 heterocycles. The van der Waals surface area contributed by atoms with Gasteiger partial charge >= 0.3 is 0 Å². The van der Waals surface area contributed by atoms with E-state index < -0.39 is 0 Å².